The molecule has 0 bridgehead atoms. The highest BCUT2D eigenvalue weighted by atomic mass is 35.5. The van der Waals surface area contributed by atoms with Crippen LogP contribution in [-0.2, 0) is 0 Å². The van der Waals surface area contributed by atoms with Crippen LogP contribution in [0.4, 0.5) is 10.1 Å². The van der Waals surface area contributed by atoms with E-state index in [1.54, 1.807) is 6.07 Å². The Bertz CT molecular complexity index is 447. The monoisotopic (exact) mass is 244 g/mol. The molecule has 1 aromatic rings. The number of nitriles is 1. The number of non-ortho nitro benzene ring substituents is 1. The topological polar surface area (TPSA) is 76.2 Å². The van der Waals surface area contributed by atoms with Crippen LogP contribution in [-0.4, -0.2) is 16.9 Å². The molecule has 0 saturated carbocycles. The van der Waals surface area contributed by atoms with Crippen LogP contribution in [0.15, 0.2) is 18.2 Å². The van der Waals surface area contributed by atoms with E-state index in [0.29, 0.717) is 0 Å². The average Bonchev–Trinajstić information content (AvgIpc) is 2.26. The summed E-state index contributed by atoms with van der Waals surface area (Å²) < 4.78 is 18.1. The van der Waals surface area contributed by atoms with E-state index in [1.165, 1.54) is 0 Å². The van der Waals surface area contributed by atoms with E-state index in [9.17, 15) is 14.5 Å². The SMILES string of the molecule is N#CC(Cl)COc1ccc([N+](=O)[O-])cc1F. The molecule has 0 spiro atoms. The summed E-state index contributed by atoms with van der Waals surface area (Å²) in [6, 6.07) is 4.66. The zero-order valence-corrected chi connectivity index (χ0v) is 8.65. The number of halogens is 2. The third kappa shape index (κ3) is 3.07. The van der Waals surface area contributed by atoms with Gasteiger partial charge in [0.1, 0.15) is 6.61 Å². The van der Waals surface area contributed by atoms with Crippen LogP contribution in [0.3, 0.4) is 0 Å². The highest BCUT2D eigenvalue weighted by Crippen LogP contribution is 2.22. The highest BCUT2D eigenvalue weighted by Gasteiger charge is 2.12. The second-order valence-corrected chi connectivity index (χ2v) is 3.31. The van der Waals surface area contributed by atoms with Crippen molar-refractivity contribution < 1.29 is 14.1 Å². The summed E-state index contributed by atoms with van der Waals surface area (Å²) >= 11 is 5.43. The molecule has 0 radical (unpaired) electrons. The maximum Gasteiger partial charge on any atom is 0.272 e. The van der Waals surface area contributed by atoms with E-state index < -0.39 is 16.1 Å². The number of hydrogen-bond acceptors (Lipinski definition) is 4. The predicted octanol–water partition coefficient (Wildman–Crippen LogP) is 2.24. The standard InChI is InChI=1S/C9H6ClFN2O3/c10-6(4-12)5-16-9-2-1-7(13(14)15)3-8(9)11/h1-3,6H,5H2. The van der Waals surface area contributed by atoms with Gasteiger partial charge >= 0.3 is 0 Å². The zero-order chi connectivity index (χ0) is 12.1. The molecule has 0 aliphatic carbocycles. The second kappa shape index (κ2) is 5.28. The Labute approximate surface area is 95.2 Å². The third-order valence-corrected chi connectivity index (χ3v) is 1.88. The Balaban J connectivity index is 2.76. The molecule has 1 atom stereocenters. The molecule has 1 unspecified atom stereocenters. The lowest BCUT2D eigenvalue weighted by atomic mass is 10.3. The molecular formula is C9H6ClFN2O3. The van der Waals surface area contributed by atoms with Crippen molar-refractivity contribution in [2.45, 2.75) is 5.38 Å². The first-order valence-corrected chi connectivity index (χ1v) is 4.58. The van der Waals surface area contributed by atoms with Gasteiger partial charge in [-0.15, -0.1) is 11.6 Å². The van der Waals surface area contributed by atoms with E-state index in [1.807, 2.05) is 0 Å². The lowest BCUT2D eigenvalue weighted by Crippen LogP contribution is -2.10. The summed E-state index contributed by atoms with van der Waals surface area (Å²) in [5.74, 6) is -1.04. The van der Waals surface area contributed by atoms with Crippen LogP contribution in [0.25, 0.3) is 0 Å². The van der Waals surface area contributed by atoms with E-state index in [2.05, 4.69) is 0 Å². The summed E-state index contributed by atoms with van der Waals surface area (Å²) in [6.45, 7) is -0.188. The van der Waals surface area contributed by atoms with Gasteiger partial charge in [0.25, 0.3) is 5.69 Å². The van der Waals surface area contributed by atoms with Crippen LogP contribution in [0.5, 0.6) is 5.75 Å². The van der Waals surface area contributed by atoms with E-state index in [4.69, 9.17) is 21.6 Å². The Morgan fingerprint density at radius 2 is 2.38 bits per heavy atom. The lowest BCUT2D eigenvalue weighted by Gasteiger charge is -2.06. The molecule has 7 heteroatoms. The Kier molecular flexibility index (Phi) is 4.03. The molecule has 0 aliphatic heterocycles. The van der Waals surface area contributed by atoms with Gasteiger partial charge in [0.2, 0.25) is 0 Å². The number of nitrogens with zero attached hydrogens (tertiary/aromatic N) is 2. The largest absolute Gasteiger partial charge is 0.488 e. The molecular weight excluding hydrogens is 239 g/mol. The molecule has 5 nitrogen and oxygen atoms in total. The Hall–Kier alpha value is -1.87. The molecule has 1 aromatic carbocycles. The Morgan fingerprint density at radius 1 is 1.69 bits per heavy atom. The van der Waals surface area contributed by atoms with Crippen molar-refractivity contribution in [2.75, 3.05) is 6.61 Å². The minimum atomic E-state index is -0.894. The number of rotatable bonds is 4. The molecule has 84 valence electrons. The van der Waals surface area contributed by atoms with Crippen molar-refractivity contribution in [3.63, 3.8) is 0 Å². The van der Waals surface area contributed by atoms with Gasteiger partial charge in [-0.05, 0) is 6.07 Å². The minimum absolute atomic E-state index is 0.175. The van der Waals surface area contributed by atoms with E-state index >= 15 is 0 Å². The fourth-order valence-electron chi connectivity index (χ4n) is 0.921. The summed E-state index contributed by atoms with van der Waals surface area (Å²) in [5, 5.41) is 17.8. The molecule has 0 fully saturated rings. The van der Waals surface area contributed by atoms with Crippen molar-refractivity contribution in [2.24, 2.45) is 0 Å². The van der Waals surface area contributed by atoms with Crippen molar-refractivity contribution in [3.05, 3.63) is 34.1 Å². The maximum atomic E-state index is 13.2. The number of nitro groups is 1. The minimum Gasteiger partial charge on any atom is -0.488 e. The third-order valence-electron chi connectivity index (χ3n) is 1.65. The summed E-state index contributed by atoms with van der Waals surface area (Å²) in [5.41, 5.74) is -0.368. The Morgan fingerprint density at radius 3 is 2.88 bits per heavy atom. The molecule has 0 aromatic heterocycles. The fourth-order valence-corrected chi connectivity index (χ4v) is 0.984. The summed E-state index contributed by atoms with van der Waals surface area (Å²) in [7, 11) is 0. The molecule has 0 aliphatic rings. The predicted molar refractivity (Wildman–Crippen MR) is 53.8 cm³/mol. The van der Waals surface area contributed by atoms with Gasteiger partial charge in [-0.3, -0.25) is 10.1 Å². The van der Waals surface area contributed by atoms with Crippen molar-refractivity contribution >= 4 is 17.3 Å². The van der Waals surface area contributed by atoms with Crippen LogP contribution in [0.1, 0.15) is 0 Å². The number of alkyl halides is 1. The first-order valence-electron chi connectivity index (χ1n) is 4.15. The summed E-state index contributed by atoms with van der Waals surface area (Å²) in [6.07, 6.45) is 0. The number of ether oxygens (including phenoxy) is 1. The first kappa shape index (κ1) is 12.2. The van der Waals surface area contributed by atoms with Crippen molar-refractivity contribution in [1.82, 2.24) is 0 Å². The number of nitro benzene ring substituents is 1. The highest BCUT2D eigenvalue weighted by molar-refractivity contribution is 6.22. The normalized spacial score (nSPS) is 11.6. The van der Waals surface area contributed by atoms with Gasteiger partial charge in [0.05, 0.1) is 17.1 Å². The first-order chi connectivity index (χ1) is 7.54. The maximum absolute atomic E-state index is 13.2. The second-order valence-electron chi connectivity index (χ2n) is 2.78. The van der Waals surface area contributed by atoms with Crippen LogP contribution in [0.2, 0.25) is 0 Å². The number of hydrogen-bond donors (Lipinski definition) is 0. The van der Waals surface area contributed by atoms with Gasteiger partial charge in [-0.25, -0.2) is 4.39 Å². The van der Waals surface area contributed by atoms with Crippen molar-refractivity contribution in [3.8, 4) is 11.8 Å². The quantitative estimate of drug-likeness (QED) is 0.462. The molecule has 0 heterocycles. The average molecular weight is 245 g/mol. The lowest BCUT2D eigenvalue weighted by molar-refractivity contribution is -0.385. The fraction of sp³-hybridized carbons (Fsp3) is 0.222. The number of benzene rings is 1. The molecule has 0 saturated heterocycles. The molecule has 16 heavy (non-hydrogen) atoms. The smallest absolute Gasteiger partial charge is 0.272 e. The van der Waals surface area contributed by atoms with Crippen LogP contribution < -0.4 is 4.74 Å². The van der Waals surface area contributed by atoms with Gasteiger partial charge in [0, 0.05) is 6.07 Å². The van der Waals surface area contributed by atoms with Gasteiger partial charge in [-0.1, -0.05) is 0 Å². The van der Waals surface area contributed by atoms with Crippen LogP contribution in [0, 0.1) is 27.3 Å². The van der Waals surface area contributed by atoms with E-state index in [-0.39, 0.29) is 18.0 Å². The van der Waals surface area contributed by atoms with Gasteiger partial charge in [0.15, 0.2) is 16.9 Å². The zero-order valence-electron chi connectivity index (χ0n) is 7.89. The molecule has 1 rings (SSSR count). The molecule has 0 amide bonds. The van der Waals surface area contributed by atoms with Crippen molar-refractivity contribution in [1.29, 1.82) is 5.26 Å². The van der Waals surface area contributed by atoms with Gasteiger partial charge in [-0.2, -0.15) is 5.26 Å². The van der Waals surface area contributed by atoms with Gasteiger partial charge < -0.3 is 4.74 Å². The summed E-state index contributed by atoms with van der Waals surface area (Å²) in [4.78, 5) is 9.59. The van der Waals surface area contributed by atoms with E-state index in [0.717, 1.165) is 18.2 Å². The van der Waals surface area contributed by atoms with Crippen LogP contribution >= 0.6 is 11.6 Å². The molecule has 0 N–H and O–H groups in total.